The molecule has 1 fully saturated rings. The molecule has 1 aromatic rings. The first-order chi connectivity index (χ1) is 8.68. The van der Waals surface area contributed by atoms with Gasteiger partial charge in [0.2, 0.25) is 5.91 Å². The molecule has 0 saturated carbocycles. The largest absolute Gasteiger partial charge is 0.355 e. The van der Waals surface area contributed by atoms with E-state index in [0.717, 1.165) is 25.3 Å². The maximum absolute atomic E-state index is 12.1. The van der Waals surface area contributed by atoms with Crippen LogP contribution in [0.1, 0.15) is 25.3 Å². The molecule has 1 aromatic carbocycles. The minimum Gasteiger partial charge on any atom is -0.355 e. The van der Waals surface area contributed by atoms with Crippen LogP contribution in [0.3, 0.4) is 0 Å². The molecule has 2 aliphatic heterocycles. The zero-order valence-corrected chi connectivity index (χ0v) is 10.9. The first-order valence-electron chi connectivity index (χ1n) is 6.59. The molecule has 0 aromatic heterocycles. The van der Waals surface area contributed by atoms with Crippen LogP contribution in [0.15, 0.2) is 18.2 Å². The van der Waals surface area contributed by atoms with E-state index in [2.05, 4.69) is 35.4 Å². The summed E-state index contributed by atoms with van der Waals surface area (Å²) in [5.41, 5.74) is 3.50. The predicted molar refractivity (Wildman–Crippen MR) is 73.2 cm³/mol. The summed E-state index contributed by atoms with van der Waals surface area (Å²) >= 11 is 0. The maximum atomic E-state index is 12.1. The average Bonchev–Trinajstić information content (AvgIpc) is 2.38. The predicted octanol–water partition coefficient (Wildman–Crippen LogP) is 1.54. The van der Waals surface area contributed by atoms with Crippen molar-refractivity contribution >= 4 is 17.3 Å². The number of carbonyl (C=O) groups excluding carboxylic acids is 1. The number of amides is 1. The number of anilines is 2. The van der Waals surface area contributed by atoms with Crippen LogP contribution < -0.4 is 15.5 Å². The Morgan fingerprint density at radius 3 is 3.00 bits per heavy atom. The molecule has 2 heterocycles. The van der Waals surface area contributed by atoms with Crippen molar-refractivity contribution < 1.29 is 4.79 Å². The fourth-order valence-corrected chi connectivity index (χ4v) is 2.87. The van der Waals surface area contributed by atoms with Gasteiger partial charge in [-0.05, 0) is 17.5 Å². The molecule has 2 N–H and O–H groups in total. The van der Waals surface area contributed by atoms with Crippen LogP contribution in [0, 0.1) is 0 Å². The van der Waals surface area contributed by atoms with Crippen LogP contribution in [0.4, 0.5) is 11.4 Å². The van der Waals surface area contributed by atoms with Gasteiger partial charge in [-0.15, -0.1) is 0 Å². The van der Waals surface area contributed by atoms with E-state index < -0.39 is 0 Å². The smallest absolute Gasteiger partial charge is 0.248 e. The normalized spacial score (nSPS) is 22.5. The second-order valence-corrected chi connectivity index (χ2v) is 5.30. The molecule has 0 aliphatic carbocycles. The maximum Gasteiger partial charge on any atom is 0.248 e. The van der Waals surface area contributed by atoms with Crippen LogP contribution >= 0.6 is 0 Å². The van der Waals surface area contributed by atoms with Crippen molar-refractivity contribution in [2.24, 2.45) is 0 Å². The van der Waals surface area contributed by atoms with Gasteiger partial charge in [0.15, 0.2) is 0 Å². The highest BCUT2D eigenvalue weighted by Crippen LogP contribution is 2.38. The van der Waals surface area contributed by atoms with Gasteiger partial charge in [-0.25, -0.2) is 0 Å². The van der Waals surface area contributed by atoms with Gasteiger partial charge >= 0.3 is 0 Å². The molecule has 1 saturated heterocycles. The highest BCUT2D eigenvalue weighted by molar-refractivity contribution is 6.04. The Balaban J connectivity index is 2.12. The molecule has 0 bridgehead atoms. The Labute approximate surface area is 107 Å². The molecular weight excluding hydrogens is 226 g/mol. The highest BCUT2D eigenvalue weighted by Gasteiger charge is 2.35. The fraction of sp³-hybridized carbons (Fsp3) is 0.500. The number of nitrogens with zero attached hydrogens (tertiary/aromatic N) is 1. The Hall–Kier alpha value is -1.55. The van der Waals surface area contributed by atoms with Crippen molar-refractivity contribution in [1.82, 2.24) is 5.32 Å². The van der Waals surface area contributed by atoms with E-state index in [1.54, 1.807) is 0 Å². The lowest BCUT2D eigenvalue weighted by atomic mass is 9.95. The highest BCUT2D eigenvalue weighted by atomic mass is 16.2. The third-order valence-electron chi connectivity index (χ3n) is 3.78. The first kappa shape index (κ1) is 11.5. The van der Waals surface area contributed by atoms with Gasteiger partial charge < -0.3 is 15.5 Å². The Kier molecular flexibility index (Phi) is 2.74. The molecule has 4 heteroatoms. The minimum absolute atomic E-state index is 0.0638. The summed E-state index contributed by atoms with van der Waals surface area (Å²) < 4.78 is 0. The number of hydrogen-bond acceptors (Lipinski definition) is 3. The number of rotatable bonds is 1. The molecule has 18 heavy (non-hydrogen) atoms. The van der Waals surface area contributed by atoms with Crippen LogP contribution in [0.25, 0.3) is 0 Å². The number of piperazine rings is 1. The molecule has 1 amide bonds. The Morgan fingerprint density at radius 2 is 2.22 bits per heavy atom. The molecule has 0 radical (unpaired) electrons. The molecule has 1 unspecified atom stereocenters. The van der Waals surface area contributed by atoms with E-state index in [0.29, 0.717) is 5.92 Å². The summed E-state index contributed by atoms with van der Waals surface area (Å²) in [6, 6.07) is 6.13. The lowest BCUT2D eigenvalue weighted by Gasteiger charge is -2.42. The van der Waals surface area contributed by atoms with Gasteiger partial charge in [-0.3, -0.25) is 4.79 Å². The summed E-state index contributed by atoms with van der Waals surface area (Å²) in [5.74, 6) is 0.570. The Morgan fingerprint density at radius 1 is 1.39 bits per heavy atom. The second kappa shape index (κ2) is 4.28. The van der Waals surface area contributed by atoms with Crippen LogP contribution in [0.2, 0.25) is 0 Å². The number of nitrogens with one attached hydrogen (secondary N) is 2. The standard InChI is InChI=1S/C14H19N3O/c1-9(2)10-4-3-5-11-13(10)17-7-6-15-8-12(17)14(18)16-11/h3-5,9,12,15H,6-8H2,1-2H3,(H,16,18). The average molecular weight is 245 g/mol. The molecule has 3 rings (SSSR count). The van der Waals surface area contributed by atoms with Gasteiger partial charge in [0.1, 0.15) is 6.04 Å². The lowest BCUT2D eigenvalue weighted by molar-refractivity contribution is -0.117. The number of para-hydroxylation sites is 1. The third-order valence-corrected chi connectivity index (χ3v) is 3.78. The second-order valence-electron chi connectivity index (χ2n) is 5.30. The zero-order chi connectivity index (χ0) is 12.7. The van der Waals surface area contributed by atoms with E-state index >= 15 is 0 Å². The zero-order valence-electron chi connectivity index (χ0n) is 10.9. The molecule has 0 spiro atoms. The van der Waals surface area contributed by atoms with Crippen LogP contribution in [-0.4, -0.2) is 31.6 Å². The van der Waals surface area contributed by atoms with Crippen LogP contribution in [-0.2, 0) is 4.79 Å². The number of benzene rings is 1. The molecule has 1 atom stereocenters. The van der Waals surface area contributed by atoms with E-state index in [1.807, 2.05) is 12.1 Å². The van der Waals surface area contributed by atoms with Crippen molar-refractivity contribution in [1.29, 1.82) is 0 Å². The van der Waals surface area contributed by atoms with E-state index in [1.165, 1.54) is 11.3 Å². The van der Waals surface area contributed by atoms with E-state index in [9.17, 15) is 4.79 Å². The monoisotopic (exact) mass is 245 g/mol. The summed E-state index contributed by atoms with van der Waals surface area (Å²) in [4.78, 5) is 14.3. The number of hydrogen-bond donors (Lipinski definition) is 2. The van der Waals surface area contributed by atoms with Crippen molar-refractivity contribution in [2.45, 2.75) is 25.8 Å². The van der Waals surface area contributed by atoms with Gasteiger partial charge in [-0.1, -0.05) is 26.0 Å². The Bertz CT molecular complexity index is 484. The van der Waals surface area contributed by atoms with E-state index in [-0.39, 0.29) is 11.9 Å². The third kappa shape index (κ3) is 1.68. The summed E-state index contributed by atoms with van der Waals surface area (Å²) in [6.07, 6.45) is 0. The number of carbonyl (C=O) groups is 1. The van der Waals surface area contributed by atoms with Crippen LogP contribution in [0.5, 0.6) is 0 Å². The van der Waals surface area contributed by atoms with Gasteiger partial charge in [0, 0.05) is 19.6 Å². The van der Waals surface area contributed by atoms with Gasteiger partial charge in [-0.2, -0.15) is 0 Å². The molecule has 2 aliphatic rings. The lowest BCUT2D eigenvalue weighted by Crippen LogP contribution is -2.59. The quantitative estimate of drug-likeness (QED) is 0.789. The summed E-state index contributed by atoms with van der Waals surface area (Å²) in [7, 11) is 0. The van der Waals surface area contributed by atoms with E-state index in [4.69, 9.17) is 0 Å². The van der Waals surface area contributed by atoms with Crippen molar-refractivity contribution in [3.05, 3.63) is 23.8 Å². The van der Waals surface area contributed by atoms with Crippen molar-refractivity contribution in [2.75, 3.05) is 29.9 Å². The molecular formula is C14H19N3O. The van der Waals surface area contributed by atoms with Crippen molar-refractivity contribution in [3.8, 4) is 0 Å². The van der Waals surface area contributed by atoms with Gasteiger partial charge in [0.05, 0.1) is 11.4 Å². The first-order valence-corrected chi connectivity index (χ1v) is 6.59. The minimum atomic E-state index is -0.0638. The summed E-state index contributed by atoms with van der Waals surface area (Å²) in [6.45, 7) is 6.97. The van der Waals surface area contributed by atoms with Gasteiger partial charge in [0.25, 0.3) is 0 Å². The topological polar surface area (TPSA) is 44.4 Å². The fourth-order valence-electron chi connectivity index (χ4n) is 2.87. The van der Waals surface area contributed by atoms with Crippen molar-refractivity contribution in [3.63, 3.8) is 0 Å². The molecule has 4 nitrogen and oxygen atoms in total. The number of fused-ring (bicyclic) bond motifs is 3. The summed E-state index contributed by atoms with van der Waals surface area (Å²) in [5, 5.41) is 6.33. The molecule has 96 valence electrons. The SMILES string of the molecule is CC(C)c1cccc2c1N1CCNCC1C(=O)N2.